The molecule has 2 aromatic rings. The summed E-state index contributed by atoms with van der Waals surface area (Å²) in [6.07, 6.45) is 2.08. The van der Waals surface area contributed by atoms with Gasteiger partial charge >= 0.3 is 0 Å². The van der Waals surface area contributed by atoms with E-state index in [1.807, 2.05) is 12.1 Å². The van der Waals surface area contributed by atoms with Crippen LogP contribution in [0.15, 0.2) is 40.9 Å². The van der Waals surface area contributed by atoms with Crippen LogP contribution in [0.1, 0.15) is 16.7 Å². The van der Waals surface area contributed by atoms with E-state index >= 15 is 0 Å². The third-order valence-corrected chi connectivity index (χ3v) is 4.16. The number of fused-ring (bicyclic) bond motifs is 2. The number of alkyl halides is 1. The largest absolute Gasteiger partial charge is 0.457 e. The summed E-state index contributed by atoms with van der Waals surface area (Å²) in [6, 6.07) is 12.7. The van der Waals surface area contributed by atoms with Gasteiger partial charge in [0, 0.05) is 20.9 Å². The van der Waals surface area contributed by atoms with Crippen molar-refractivity contribution in [2.75, 3.05) is 4.43 Å². The van der Waals surface area contributed by atoms with E-state index in [1.54, 1.807) is 0 Å². The van der Waals surface area contributed by atoms with Crippen molar-refractivity contribution < 1.29 is 4.74 Å². The molecule has 0 saturated heterocycles. The summed E-state index contributed by atoms with van der Waals surface area (Å²) in [5, 5.41) is 0. The molecule has 2 aromatic carbocycles. The van der Waals surface area contributed by atoms with E-state index in [1.165, 1.54) is 16.7 Å². The van der Waals surface area contributed by atoms with E-state index in [2.05, 4.69) is 62.8 Å². The third kappa shape index (κ3) is 2.43. The molecular formula is C15H12BrIO. The first kappa shape index (κ1) is 12.5. The fourth-order valence-electron chi connectivity index (χ4n) is 2.24. The van der Waals surface area contributed by atoms with Crippen molar-refractivity contribution in [3.8, 4) is 11.5 Å². The van der Waals surface area contributed by atoms with Gasteiger partial charge in [-0.3, -0.25) is 0 Å². The molecule has 0 radical (unpaired) electrons. The molecule has 0 unspecified atom stereocenters. The van der Waals surface area contributed by atoms with E-state index in [0.29, 0.717) is 0 Å². The number of ether oxygens (including phenoxy) is 1. The first-order chi connectivity index (χ1) is 8.76. The Bertz CT molecular complexity index is 595. The van der Waals surface area contributed by atoms with Crippen LogP contribution >= 0.6 is 38.5 Å². The smallest absolute Gasteiger partial charge is 0.131 e. The molecule has 3 rings (SSSR count). The van der Waals surface area contributed by atoms with Crippen molar-refractivity contribution in [3.05, 3.63) is 57.6 Å². The number of benzene rings is 2. The molecule has 0 amide bonds. The first-order valence-corrected chi connectivity index (χ1v) is 8.22. The zero-order chi connectivity index (χ0) is 12.5. The number of rotatable bonds is 2. The molecule has 92 valence electrons. The maximum atomic E-state index is 5.94. The lowest BCUT2D eigenvalue weighted by Crippen LogP contribution is -2.03. The van der Waals surface area contributed by atoms with Crippen LogP contribution in [-0.2, 0) is 12.8 Å². The minimum atomic E-state index is 0.958. The second-order valence-electron chi connectivity index (χ2n) is 4.41. The summed E-state index contributed by atoms with van der Waals surface area (Å²) in [5.41, 5.74) is 3.94. The molecule has 0 atom stereocenters. The molecule has 0 bridgehead atoms. The second kappa shape index (κ2) is 5.21. The molecule has 0 spiro atoms. The van der Waals surface area contributed by atoms with Gasteiger partial charge in [-0.1, -0.05) is 50.7 Å². The van der Waals surface area contributed by atoms with Crippen LogP contribution in [0.4, 0.5) is 0 Å². The lowest BCUT2D eigenvalue weighted by atomic mass is 9.98. The van der Waals surface area contributed by atoms with Gasteiger partial charge in [0.05, 0.1) is 0 Å². The quantitative estimate of drug-likeness (QED) is 0.417. The average molecular weight is 415 g/mol. The minimum Gasteiger partial charge on any atom is -0.457 e. The SMILES string of the molecule is Brc1ccc2c(c1)Cc1cc(CCI)ccc1O2. The van der Waals surface area contributed by atoms with Crippen molar-refractivity contribution in [2.45, 2.75) is 12.8 Å². The first-order valence-electron chi connectivity index (χ1n) is 5.90. The van der Waals surface area contributed by atoms with Crippen LogP contribution in [0, 0.1) is 0 Å². The van der Waals surface area contributed by atoms with Gasteiger partial charge in [0.25, 0.3) is 0 Å². The summed E-state index contributed by atoms with van der Waals surface area (Å²) in [5.74, 6) is 1.98. The monoisotopic (exact) mass is 414 g/mol. The minimum absolute atomic E-state index is 0.958. The van der Waals surface area contributed by atoms with E-state index in [9.17, 15) is 0 Å². The van der Waals surface area contributed by atoms with Gasteiger partial charge in [0.15, 0.2) is 0 Å². The molecular weight excluding hydrogens is 403 g/mol. The predicted octanol–water partition coefficient (Wildman–Crippen LogP) is 5.12. The lowest BCUT2D eigenvalue weighted by Gasteiger charge is -2.21. The molecule has 1 heterocycles. The highest BCUT2D eigenvalue weighted by molar-refractivity contribution is 14.1. The van der Waals surface area contributed by atoms with Crippen molar-refractivity contribution in [1.29, 1.82) is 0 Å². The van der Waals surface area contributed by atoms with Crippen LogP contribution in [0.25, 0.3) is 0 Å². The highest BCUT2D eigenvalue weighted by Gasteiger charge is 2.17. The van der Waals surface area contributed by atoms with Gasteiger partial charge in [-0.05, 0) is 41.8 Å². The Morgan fingerprint density at radius 2 is 1.78 bits per heavy atom. The number of hydrogen-bond donors (Lipinski definition) is 0. The maximum Gasteiger partial charge on any atom is 0.131 e. The molecule has 0 fully saturated rings. The molecule has 1 aliphatic rings. The number of halogens is 2. The summed E-state index contributed by atoms with van der Waals surface area (Å²) in [7, 11) is 0. The van der Waals surface area contributed by atoms with Crippen LogP contribution in [-0.4, -0.2) is 4.43 Å². The Morgan fingerprint density at radius 3 is 2.56 bits per heavy atom. The molecule has 3 heteroatoms. The molecule has 0 saturated carbocycles. The highest BCUT2D eigenvalue weighted by Crippen LogP contribution is 2.38. The van der Waals surface area contributed by atoms with E-state index in [-0.39, 0.29) is 0 Å². The highest BCUT2D eigenvalue weighted by atomic mass is 127. The van der Waals surface area contributed by atoms with Crippen molar-refractivity contribution in [3.63, 3.8) is 0 Å². The summed E-state index contributed by atoms with van der Waals surface area (Å²) >= 11 is 5.93. The summed E-state index contributed by atoms with van der Waals surface area (Å²) < 4.78 is 8.20. The normalized spacial score (nSPS) is 12.6. The van der Waals surface area contributed by atoms with Gasteiger partial charge in [-0.25, -0.2) is 0 Å². The molecule has 1 aliphatic heterocycles. The van der Waals surface area contributed by atoms with E-state index < -0.39 is 0 Å². The third-order valence-electron chi connectivity index (χ3n) is 3.13. The fraction of sp³-hybridized carbons (Fsp3) is 0.200. The van der Waals surface area contributed by atoms with Crippen LogP contribution < -0.4 is 4.74 Å². The molecule has 0 aromatic heterocycles. The Kier molecular flexibility index (Phi) is 3.61. The number of hydrogen-bond acceptors (Lipinski definition) is 1. The summed E-state index contributed by atoms with van der Waals surface area (Å²) in [6.45, 7) is 0. The Hall–Kier alpha value is -0.550. The van der Waals surface area contributed by atoms with Gasteiger partial charge in [-0.2, -0.15) is 0 Å². The molecule has 0 N–H and O–H groups in total. The summed E-state index contributed by atoms with van der Waals surface area (Å²) in [4.78, 5) is 0. The van der Waals surface area contributed by atoms with Gasteiger partial charge in [0.2, 0.25) is 0 Å². The average Bonchev–Trinajstić information content (AvgIpc) is 2.36. The van der Waals surface area contributed by atoms with Crippen molar-refractivity contribution >= 4 is 38.5 Å². The van der Waals surface area contributed by atoms with E-state index in [4.69, 9.17) is 4.74 Å². The van der Waals surface area contributed by atoms with Crippen LogP contribution in [0.5, 0.6) is 11.5 Å². The van der Waals surface area contributed by atoms with Crippen LogP contribution in [0.2, 0.25) is 0 Å². The van der Waals surface area contributed by atoms with Gasteiger partial charge < -0.3 is 4.74 Å². The topological polar surface area (TPSA) is 9.23 Å². The lowest BCUT2D eigenvalue weighted by molar-refractivity contribution is 0.459. The van der Waals surface area contributed by atoms with Crippen LogP contribution in [0.3, 0.4) is 0 Å². The van der Waals surface area contributed by atoms with Crippen molar-refractivity contribution in [2.24, 2.45) is 0 Å². The Morgan fingerprint density at radius 1 is 1.06 bits per heavy atom. The number of aryl methyl sites for hydroxylation is 1. The van der Waals surface area contributed by atoms with E-state index in [0.717, 1.165) is 33.2 Å². The maximum absolute atomic E-state index is 5.94. The predicted molar refractivity (Wildman–Crippen MR) is 86.1 cm³/mol. The molecule has 1 nitrogen and oxygen atoms in total. The zero-order valence-corrected chi connectivity index (χ0v) is 13.5. The van der Waals surface area contributed by atoms with Gasteiger partial charge in [0.1, 0.15) is 11.5 Å². The zero-order valence-electron chi connectivity index (χ0n) is 9.75. The van der Waals surface area contributed by atoms with Gasteiger partial charge in [-0.15, -0.1) is 0 Å². The Labute approximate surface area is 129 Å². The molecule has 0 aliphatic carbocycles. The van der Waals surface area contributed by atoms with Crippen molar-refractivity contribution in [1.82, 2.24) is 0 Å². The standard InChI is InChI=1S/C15H12BrIO/c16-13-2-4-15-12(9-13)8-11-7-10(5-6-17)1-3-14(11)18-15/h1-4,7,9H,5-6,8H2. The fourth-order valence-corrected chi connectivity index (χ4v) is 3.28. The Balaban J connectivity index is 1.98. The second-order valence-corrected chi connectivity index (χ2v) is 6.41. The molecule has 18 heavy (non-hydrogen) atoms.